The van der Waals surface area contributed by atoms with E-state index >= 15 is 0 Å². The highest BCUT2D eigenvalue weighted by atomic mass is 16.1. The second-order valence-corrected chi connectivity index (χ2v) is 6.76. The zero-order valence-electron chi connectivity index (χ0n) is 15.2. The molecule has 1 amide bonds. The number of rotatable bonds is 8. The van der Waals surface area contributed by atoms with Crippen LogP contribution in [-0.2, 0) is 6.42 Å². The average Bonchev–Trinajstić information content (AvgIpc) is 3.05. The summed E-state index contributed by atoms with van der Waals surface area (Å²) in [5.41, 5.74) is 2.63. The fraction of sp³-hybridized carbons (Fsp3) is 0.350. The Kier molecular flexibility index (Phi) is 5.84. The van der Waals surface area contributed by atoms with Gasteiger partial charge < -0.3 is 15.6 Å². The Morgan fingerprint density at radius 2 is 2.00 bits per heavy atom. The molecule has 6 heteroatoms. The van der Waals surface area contributed by atoms with Crippen LogP contribution >= 0.6 is 0 Å². The van der Waals surface area contributed by atoms with Crippen molar-refractivity contribution in [3.05, 3.63) is 54.1 Å². The number of fused-ring (bicyclic) bond motifs is 1. The number of carbonyl (C=O) groups excluding carboxylic acids is 1. The van der Waals surface area contributed by atoms with Crippen LogP contribution in [0.4, 0.5) is 5.82 Å². The standard InChI is InChI=1S/C20H25N5O/c1-14(2)7-9-21-19-13-24-18(12-25-19)20(26)22-10-8-15-11-23-17-6-4-3-5-16(15)17/h3-6,11-14,23H,7-10H2,1-2H3,(H,21,25)(H,22,26). The molecule has 136 valence electrons. The summed E-state index contributed by atoms with van der Waals surface area (Å²) < 4.78 is 0. The van der Waals surface area contributed by atoms with E-state index < -0.39 is 0 Å². The van der Waals surface area contributed by atoms with Crippen LogP contribution in [-0.4, -0.2) is 33.9 Å². The van der Waals surface area contributed by atoms with Crippen LogP contribution in [0.2, 0.25) is 0 Å². The van der Waals surface area contributed by atoms with E-state index in [1.807, 2.05) is 24.4 Å². The molecule has 26 heavy (non-hydrogen) atoms. The van der Waals surface area contributed by atoms with Crippen LogP contribution < -0.4 is 10.6 Å². The van der Waals surface area contributed by atoms with Gasteiger partial charge in [-0.05, 0) is 30.4 Å². The minimum absolute atomic E-state index is 0.203. The second kappa shape index (κ2) is 8.47. The lowest BCUT2D eigenvalue weighted by Crippen LogP contribution is -2.26. The van der Waals surface area contributed by atoms with Crippen molar-refractivity contribution in [2.75, 3.05) is 18.4 Å². The number of carbonyl (C=O) groups is 1. The van der Waals surface area contributed by atoms with Crippen molar-refractivity contribution in [3.8, 4) is 0 Å². The third-order valence-electron chi connectivity index (χ3n) is 4.27. The number of nitrogens with one attached hydrogen (secondary N) is 3. The summed E-state index contributed by atoms with van der Waals surface area (Å²) in [6.45, 7) is 5.76. The van der Waals surface area contributed by atoms with Gasteiger partial charge in [-0.3, -0.25) is 4.79 Å². The topological polar surface area (TPSA) is 82.7 Å². The minimum atomic E-state index is -0.203. The van der Waals surface area contributed by atoms with E-state index in [9.17, 15) is 4.79 Å². The molecule has 0 saturated heterocycles. The van der Waals surface area contributed by atoms with Crippen LogP contribution in [0.5, 0.6) is 0 Å². The maximum absolute atomic E-state index is 12.2. The molecule has 0 aliphatic rings. The number of H-pyrrole nitrogens is 1. The number of aromatic amines is 1. The van der Waals surface area contributed by atoms with Gasteiger partial charge in [-0.15, -0.1) is 0 Å². The third kappa shape index (κ3) is 4.59. The van der Waals surface area contributed by atoms with Crippen LogP contribution in [0.1, 0.15) is 36.3 Å². The molecule has 0 spiro atoms. The van der Waals surface area contributed by atoms with Crippen LogP contribution in [0.15, 0.2) is 42.9 Å². The number of nitrogens with zero attached hydrogens (tertiary/aromatic N) is 2. The lowest BCUT2D eigenvalue weighted by atomic mass is 10.1. The normalized spacial score (nSPS) is 11.0. The molecule has 1 aromatic carbocycles. The molecule has 2 aromatic heterocycles. The Morgan fingerprint density at radius 3 is 2.77 bits per heavy atom. The van der Waals surface area contributed by atoms with Crippen LogP contribution in [0.3, 0.4) is 0 Å². The predicted molar refractivity (Wildman–Crippen MR) is 104 cm³/mol. The van der Waals surface area contributed by atoms with Crippen LogP contribution in [0.25, 0.3) is 10.9 Å². The van der Waals surface area contributed by atoms with Crippen molar-refractivity contribution in [3.63, 3.8) is 0 Å². The van der Waals surface area contributed by atoms with Gasteiger partial charge in [0, 0.05) is 30.2 Å². The van der Waals surface area contributed by atoms with Crippen molar-refractivity contribution in [1.82, 2.24) is 20.3 Å². The molecule has 3 N–H and O–H groups in total. The SMILES string of the molecule is CC(C)CCNc1cnc(C(=O)NCCc2c[nH]c3ccccc23)cn1. The summed E-state index contributed by atoms with van der Waals surface area (Å²) in [7, 11) is 0. The zero-order chi connectivity index (χ0) is 18.4. The Labute approximate surface area is 153 Å². The molecule has 3 aromatic rings. The van der Waals surface area contributed by atoms with Gasteiger partial charge in [0.15, 0.2) is 0 Å². The quantitative estimate of drug-likeness (QED) is 0.581. The lowest BCUT2D eigenvalue weighted by molar-refractivity contribution is 0.0949. The summed E-state index contributed by atoms with van der Waals surface area (Å²) in [6, 6.07) is 8.15. The summed E-state index contributed by atoms with van der Waals surface area (Å²) >= 11 is 0. The van der Waals surface area contributed by atoms with E-state index in [0.29, 0.717) is 24.0 Å². The Bertz CT molecular complexity index is 854. The molecular formula is C20H25N5O. The molecular weight excluding hydrogens is 326 g/mol. The lowest BCUT2D eigenvalue weighted by Gasteiger charge is -2.08. The van der Waals surface area contributed by atoms with Crippen molar-refractivity contribution in [2.45, 2.75) is 26.7 Å². The number of anilines is 1. The smallest absolute Gasteiger partial charge is 0.271 e. The highest BCUT2D eigenvalue weighted by Crippen LogP contribution is 2.17. The largest absolute Gasteiger partial charge is 0.369 e. The van der Waals surface area contributed by atoms with Gasteiger partial charge in [0.2, 0.25) is 0 Å². The zero-order valence-corrected chi connectivity index (χ0v) is 15.2. The number of benzene rings is 1. The number of hydrogen-bond donors (Lipinski definition) is 3. The predicted octanol–water partition coefficient (Wildman–Crippen LogP) is 3.39. The van der Waals surface area contributed by atoms with Gasteiger partial charge in [-0.1, -0.05) is 32.0 Å². The minimum Gasteiger partial charge on any atom is -0.369 e. The highest BCUT2D eigenvalue weighted by molar-refractivity contribution is 5.92. The van der Waals surface area contributed by atoms with Crippen molar-refractivity contribution in [2.24, 2.45) is 5.92 Å². The maximum Gasteiger partial charge on any atom is 0.271 e. The first-order chi connectivity index (χ1) is 12.6. The van der Waals surface area contributed by atoms with Crippen molar-refractivity contribution in [1.29, 1.82) is 0 Å². The number of aromatic nitrogens is 3. The van der Waals surface area contributed by atoms with Crippen molar-refractivity contribution >= 4 is 22.6 Å². The van der Waals surface area contributed by atoms with Gasteiger partial charge in [0.1, 0.15) is 11.5 Å². The van der Waals surface area contributed by atoms with Gasteiger partial charge in [0.25, 0.3) is 5.91 Å². The van der Waals surface area contributed by atoms with Gasteiger partial charge in [-0.2, -0.15) is 0 Å². The second-order valence-electron chi connectivity index (χ2n) is 6.76. The molecule has 6 nitrogen and oxygen atoms in total. The highest BCUT2D eigenvalue weighted by Gasteiger charge is 2.09. The number of amides is 1. The average molecular weight is 351 g/mol. The summed E-state index contributed by atoms with van der Waals surface area (Å²) in [4.78, 5) is 23.9. The molecule has 3 rings (SSSR count). The van der Waals surface area contributed by atoms with E-state index in [0.717, 1.165) is 24.9 Å². The van der Waals surface area contributed by atoms with E-state index in [1.165, 1.54) is 17.1 Å². The Morgan fingerprint density at radius 1 is 1.15 bits per heavy atom. The van der Waals surface area contributed by atoms with Crippen molar-refractivity contribution < 1.29 is 4.79 Å². The first kappa shape index (κ1) is 17.9. The van der Waals surface area contributed by atoms with Gasteiger partial charge in [-0.25, -0.2) is 9.97 Å². The molecule has 0 aliphatic heterocycles. The Hall–Kier alpha value is -2.89. The molecule has 0 aliphatic carbocycles. The van der Waals surface area contributed by atoms with E-state index in [-0.39, 0.29) is 5.91 Å². The molecule has 0 radical (unpaired) electrons. The van der Waals surface area contributed by atoms with Crippen LogP contribution in [0, 0.1) is 5.92 Å². The molecule has 0 bridgehead atoms. The van der Waals surface area contributed by atoms with E-state index in [1.54, 1.807) is 6.20 Å². The molecule has 0 unspecified atom stereocenters. The Balaban J connectivity index is 1.48. The fourth-order valence-electron chi connectivity index (χ4n) is 2.77. The molecule has 0 atom stereocenters. The summed E-state index contributed by atoms with van der Waals surface area (Å²) in [5, 5.41) is 7.31. The van der Waals surface area contributed by atoms with Gasteiger partial charge in [0.05, 0.1) is 12.4 Å². The molecule has 0 saturated carbocycles. The monoisotopic (exact) mass is 351 g/mol. The number of hydrogen-bond acceptors (Lipinski definition) is 4. The van der Waals surface area contributed by atoms with E-state index in [2.05, 4.69) is 45.5 Å². The molecule has 0 fully saturated rings. The van der Waals surface area contributed by atoms with Gasteiger partial charge >= 0.3 is 0 Å². The summed E-state index contributed by atoms with van der Waals surface area (Å²) in [6.07, 6.45) is 6.94. The summed E-state index contributed by atoms with van der Waals surface area (Å²) in [5.74, 6) is 1.13. The number of para-hydroxylation sites is 1. The first-order valence-corrected chi connectivity index (χ1v) is 9.02. The fourth-order valence-corrected chi connectivity index (χ4v) is 2.77. The first-order valence-electron chi connectivity index (χ1n) is 9.02. The molecule has 2 heterocycles. The maximum atomic E-state index is 12.2. The van der Waals surface area contributed by atoms with E-state index in [4.69, 9.17) is 0 Å². The third-order valence-corrected chi connectivity index (χ3v) is 4.27.